The zero-order valence-electron chi connectivity index (χ0n) is 10.7. The van der Waals surface area contributed by atoms with Crippen LogP contribution in [-0.2, 0) is 9.59 Å². The van der Waals surface area contributed by atoms with E-state index in [0.717, 1.165) is 13.0 Å². The number of nitrogens with one attached hydrogen (secondary N) is 1. The Kier molecular flexibility index (Phi) is 5.41. The number of nitrogens with two attached hydrogens (primary N) is 2. The van der Waals surface area contributed by atoms with Crippen molar-refractivity contribution >= 4 is 17.8 Å². The summed E-state index contributed by atoms with van der Waals surface area (Å²) in [6.45, 7) is 1.18. The fraction of sp³-hybridized carbons (Fsp3) is 0.727. The van der Waals surface area contributed by atoms with Gasteiger partial charge in [0.2, 0.25) is 11.8 Å². The lowest BCUT2D eigenvalue weighted by atomic mass is 10.1. The van der Waals surface area contributed by atoms with Crippen LogP contribution in [0.2, 0.25) is 0 Å². The summed E-state index contributed by atoms with van der Waals surface area (Å²) in [4.78, 5) is 28.8. The predicted molar refractivity (Wildman–Crippen MR) is 68.7 cm³/mol. The van der Waals surface area contributed by atoms with Gasteiger partial charge in [0, 0.05) is 26.6 Å². The summed E-state index contributed by atoms with van der Waals surface area (Å²) in [5.41, 5.74) is 10.3. The number of amides is 2. The monoisotopic (exact) mass is 255 g/mol. The number of aliphatic imine (C=N–C) groups is 1. The lowest BCUT2D eigenvalue weighted by molar-refractivity contribution is -0.137. The Balaban J connectivity index is 2.27. The Hall–Kier alpha value is -1.79. The Morgan fingerprint density at radius 1 is 1.56 bits per heavy atom. The highest BCUT2D eigenvalue weighted by atomic mass is 16.2. The molecule has 0 spiro atoms. The summed E-state index contributed by atoms with van der Waals surface area (Å²) >= 11 is 0. The van der Waals surface area contributed by atoms with Gasteiger partial charge in [-0.1, -0.05) is 0 Å². The molecule has 1 rings (SSSR count). The molecule has 0 aromatic carbocycles. The lowest BCUT2D eigenvalue weighted by Crippen LogP contribution is -2.50. The fourth-order valence-electron chi connectivity index (χ4n) is 1.88. The van der Waals surface area contributed by atoms with Crippen molar-refractivity contribution in [3.63, 3.8) is 0 Å². The summed E-state index contributed by atoms with van der Waals surface area (Å²) in [5, 5.41) is 2.75. The van der Waals surface area contributed by atoms with Gasteiger partial charge in [-0.15, -0.1) is 0 Å². The van der Waals surface area contributed by atoms with Crippen molar-refractivity contribution in [3.05, 3.63) is 0 Å². The van der Waals surface area contributed by atoms with Crippen LogP contribution in [0, 0.1) is 0 Å². The first-order chi connectivity index (χ1) is 8.50. The van der Waals surface area contributed by atoms with Crippen LogP contribution in [0.5, 0.6) is 0 Å². The molecule has 0 saturated carbocycles. The molecule has 0 aromatic rings. The zero-order valence-corrected chi connectivity index (χ0v) is 10.7. The number of likely N-dealkylation sites (N-methyl/N-ethyl adjacent to an activating group) is 1. The van der Waals surface area contributed by atoms with Crippen LogP contribution in [0.1, 0.15) is 25.7 Å². The van der Waals surface area contributed by atoms with E-state index in [-0.39, 0.29) is 23.8 Å². The molecule has 1 aliphatic rings. The molecule has 7 heteroatoms. The molecule has 1 aliphatic heterocycles. The van der Waals surface area contributed by atoms with Crippen molar-refractivity contribution in [3.8, 4) is 0 Å². The highest BCUT2D eigenvalue weighted by molar-refractivity contribution is 5.88. The van der Waals surface area contributed by atoms with Gasteiger partial charge in [-0.2, -0.15) is 0 Å². The van der Waals surface area contributed by atoms with Crippen LogP contribution in [0.15, 0.2) is 4.99 Å². The molecular formula is C11H21N5O2. The van der Waals surface area contributed by atoms with Gasteiger partial charge in [-0.25, -0.2) is 0 Å². The van der Waals surface area contributed by atoms with Crippen molar-refractivity contribution in [1.82, 2.24) is 10.2 Å². The van der Waals surface area contributed by atoms with E-state index in [4.69, 9.17) is 11.5 Å². The van der Waals surface area contributed by atoms with Gasteiger partial charge in [0.1, 0.15) is 6.04 Å². The summed E-state index contributed by atoms with van der Waals surface area (Å²) < 4.78 is 0. The Morgan fingerprint density at radius 2 is 2.28 bits per heavy atom. The number of rotatable bonds is 5. The Labute approximate surface area is 107 Å². The predicted octanol–water partition coefficient (Wildman–Crippen LogP) is -1.22. The van der Waals surface area contributed by atoms with Crippen LogP contribution in [0.3, 0.4) is 0 Å². The second-order valence-electron chi connectivity index (χ2n) is 4.43. The lowest BCUT2D eigenvalue weighted by Gasteiger charge is -2.29. The van der Waals surface area contributed by atoms with Crippen molar-refractivity contribution in [2.45, 2.75) is 31.7 Å². The minimum absolute atomic E-state index is 0.0150. The standard InChI is InChI=1S/C11H21N5O2/c1-16-7-3-4-8(10(16)18)15-9(17)5-2-6-14-11(12)13/h8H,2-7H2,1H3,(H,15,17)(H4,12,13,14)/t8-/m0/s1. The number of carbonyl (C=O) groups is 2. The second kappa shape index (κ2) is 6.83. The molecule has 102 valence electrons. The van der Waals surface area contributed by atoms with Gasteiger partial charge in [0.15, 0.2) is 5.96 Å². The van der Waals surface area contributed by atoms with Gasteiger partial charge in [0.25, 0.3) is 0 Å². The minimum Gasteiger partial charge on any atom is -0.370 e. The van der Waals surface area contributed by atoms with Gasteiger partial charge < -0.3 is 21.7 Å². The number of likely N-dealkylation sites (tertiary alicyclic amines) is 1. The van der Waals surface area contributed by atoms with Crippen molar-refractivity contribution in [2.75, 3.05) is 20.1 Å². The molecule has 2 amide bonds. The van der Waals surface area contributed by atoms with E-state index < -0.39 is 0 Å². The van der Waals surface area contributed by atoms with Crippen molar-refractivity contribution in [1.29, 1.82) is 0 Å². The van der Waals surface area contributed by atoms with E-state index in [1.807, 2.05) is 0 Å². The van der Waals surface area contributed by atoms with Crippen LogP contribution in [0.25, 0.3) is 0 Å². The third-order valence-electron chi connectivity index (χ3n) is 2.85. The van der Waals surface area contributed by atoms with Gasteiger partial charge in [-0.05, 0) is 19.3 Å². The van der Waals surface area contributed by atoms with E-state index >= 15 is 0 Å². The highest BCUT2D eigenvalue weighted by Crippen LogP contribution is 2.09. The first kappa shape index (κ1) is 14.3. The third kappa shape index (κ3) is 4.60. The average molecular weight is 255 g/mol. The Morgan fingerprint density at radius 3 is 2.94 bits per heavy atom. The van der Waals surface area contributed by atoms with Gasteiger partial charge in [0.05, 0.1) is 0 Å². The first-order valence-corrected chi connectivity index (χ1v) is 6.10. The molecule has 0 unspecified atom stereocenters. The molecule has 0 aromatic heterocycles. The van der Waals surface area contributed by atoms with Gasteiger partial charge >= 0.3 is 0 Å². The van der Waals surface area contributed by atoms with Gasteiger partial charge in [-0.3, -0.25) is 14.6 Å². The van der Waals surface area contributed by atoms with E-state index in [9.17, 15) is 9.59 Å². The van der Waals surface area contributed by atoms with Crippen LogP contribution in [-0.4, -0.2) is 48.9 Å². The molecular weight excluding hydrogens is 234 g/mol. The maximum Gasteiger partial charge on any atom is 0.244 e. The second-order valence-corrected chi connectivity index (χ2v) is 4.43. The molecule has 1 heterocycles. The van der Waals surface area contributed by atoms with E-state index in [0.29, 0.717) is 25.8 Å². The SMILES string of the molecule is CN1CCC[C@H](NC(=O)CCCN=C(N)N)C1=O. The van der Waals surface area contributed by atoms with Crippen LogP contribution in [0.4, 0.5) is 0 Å². The first-order valence-electron chi connectivity index (χ1n) is 6.10. The topological polar surface area (TPSA) is 114 Å². The highest BCUT2D eigenvalue weighted by Gasteiger charge is 2.27. The largest absolute Gasteiger partial charge is 0.370 e. The maximum atomic E-state index is 11.7. The Bertz CT molecular complexity index is 338. The van der Waals surface area contributed by atoms with E-state index in [1.165, 1.54) is 0 Å². The molecule has 0 bridgehead atoms. The minimum atomic E-state index is -0.376. The van der Waals surface area contributed by atoms with Crippen LogP contribution < -0.4 is 16.8 Å². The third-order valence-corrected chi connectivity index (χ3v) is 2.85. The molecule has 5 N–H and O–H groups in total. The van der Waals surface area contributed by atoms with E-state index in [2.05, 4.69) is 10.3 Å². The van der Waals surface area contributed by atoms with Crippen molar-refractivity contribution in [2.24, 2.45) is 16.5 Å². The van der Waals surface area contributed by atoms with Crippen molar-refractivity contribution < 1.29 is 9.59 Å². The van der Waals surface area contributed by atoms with Crippen LogP contribution >= 0.6 is 0 Å². The smallest absolute Gasteiger partial charge is 0.244 e. The summed E-state index contributed by atoms with van der Waals surface area (Å²) in [7, 11) is 1.75. The average Bonchev–Trinajstić information content (AvgIpc) is 2.30. The summed E-state index contributed by atoms with van der Waals surface area (Å²) in [6.07, 6.45) is 2.52. The molecule has 0 radical (unpaired) electrons. The number of guanidine groups is 1. The number of piperidine rings is 1. The molecule has 7 nitrogen and oxygen atoms in total. The number of nitrogens with zero attached hydrogens (tertiary/aromatic N) is 2. The molecule has 1 saturated heterocycles. The number of hydrogen-bond acceptors (Lipinski definition) is 3. The molecule has 0 aliphatic carbocycles. The molecule has 1 fully saturated rings. The molecule has 18 heavy (non-hydrogen) atoms. The van der Waals surface area contributed by atoms with E-state index in [1.54, 1.807) is 11.9 Å². The summed E-state index contributed by atoms with van der Waals surface area (Å²) in [5.74, 6) is -0.118. The normalized spacial score (nSPS) is 19.5. The maximum absolute atomic E-state index is 11.7. The quantitative estimate of drug-likeness (QED) is 0.324. The number of hydrogen-bond donors (Lipinski definition) is 3. The zero-order chi connectivity index (χ0) is 13.5. The molecule has 1 atom stereocenters. The summed E-state index contributed by atoms with van der Waals surface area (Å²) in [6, 6.07) is -0.376. The number of carbonyl (C=O) groups excluding carboxylic acids is 2. The fourth-order valence-corrected chi connectivity index (χ4v) is 1.88.